The Hall–Kier alpha value is -0.900. The Labute approximate surface area is 95.7 Å². The molecule has 16 heavy (non-hydrogen) atoms. The molecular weight excluding hydrogens is 206 g/mol. The van der Waals surface area contributed by atoms with Gasteiger partial charge in [0.2, 0.25) is 0 Å². The van der Waals surface area contributed by atoms with Crippen LogP contribution in [0.5, 0.6) is 0 Å². The number of ketones is 1. The molecule has 0 spiro atoms. The molecule has 4 nitrogen and oxygen atoms in total. The summed E-state index contributed by atoms with van der Waals surface area (Å²) in [6, 6.07) is 0.0242. The summed E-state index contributed by atoms with van der Waals surface area (Å²) in [5.41, 5.74) is -0.444. The van der Waals surface area contributed by atoms with Gasteiger partial charge in [-0.3, -0.25) is 9.59 Å². The zero-order valence-corrected chi connectivity index (χ0v) is 10.1. The van der Waals surface area contributed by atoms with E-state index < -0.39 is 5.60 Å². The van der Waals surface area contributed by atoms with E-state index >= 15 is 0 Å². The highest BCUT2D eigenvalue weighted by molar-refractivity contribution is 5.87. The fourth-order valence-corrected chi connectivity index (χ4v) is 2.44. The van der Waals surface area contributed by atoms with Crippen molar-refractivity contribution in [1.82, 2.24) is 5.32 Å². The number of carbonyl (C=O) groups excluding carboxylic acids is 2. The number of nitrogens with one attached hydrogen (secondary N) is 1. The maximum atomic E-state index is 11.8. The van der Waals surface area contributed by atoms with E-state index in [1.807, 2.05) is 20.8 Å². The molecule has 1 saturated carbocycles. The number of Topliss-reactive ketones (excluding diaryl/α,β-unsaturated/α-hetero) is 1. The van der Waals surface area contributed by atoms with Gasteiger partial charge < -0.3 is 10.1 Å². The number of ether oxygens (including phenoxy) is 1. The molecule has 0 bridgehead atoms. The van der Waals surface area contributed by atoms with Crippen molar-refractivity contribution in [3.8, 4) is 0 Å². The highest BCUT2D eigenvalue weighted by Gasteiger charge is 2.51. The first-order chi connectivity index (χ1) is 7.38. The summed E-state index contributed by atoms with van der Waals surface area (Å²) in [6.07, 6.45) is 1.26. The number of rotatable bonds is 1. The number of hydrogen-bond acceptors (Lipinski definition) is 4. The molecule has 2 fully saturated rings. The third-order valence-corrected chi connectivity index (χ3v) is 3.25. The van der Waals surface area contributed by atoms with Crippen molar-refractivity contribution in [2.45, 2.75) is 45.3 Å². The zero-order chi connectivity index (χ0) is 11.9. The van der Waals surface area contributed by atoms with E-state index in [9.17, 15) is 9.59 Å². The topological polar surface area (TPSA) is 55.4 Å². The summed E-state index contributed by atoms with van der Waals surface area (Å²) in [5, 5.41) is 3.24. The molecule has 3 atom stereocenters. The SMILES string of the molecule is CC(C)(C)OC(=O)C1CC2C(=O)CCNC21. The number of carbonyl (C=O) groups is 2. The highest BCUT2D eigenvalue weighted by Crippen LogP contribution is 2.39. The van der Waals surface area contributed by atoms with Crippen LogP contribution in [0.4, 0.5) is 0 Å². The maximum Gasteiger partial charge on any atom is 0.311 e. The standard InChI is InChI=1S/C12H19NO3/c1-12(2,3)16-11(15)8-6-7-9(14)4-5-13-10(7)8/h7-8,10,13H,4-6H2,1-3H3. The van der Waals surface area contributed by atoms with E-state index in [0.717, 1.165) is 0 Å². The average molecular weight is 225 g/mol. The van der Waals surface area contributed by atoms with Gasteiger partial charge in [0.25, 0.3) is 0 Å². The van der Waals surface area contributed by atoms with Gasteiger partial charge in [0, 0.05) is 24.9 Å². The number of esters is 1. The van der Waals surface area contributed by atoms with Crippen LogP contribution < -0.4 is 5.32 Å². The summed E-state index contributed by atoms with van der Waals surface area (Å²) in [7, 11) is 0. The van der Waals surface area contributed by atoms with Crippen LogP contribution in [-0.4, -0.2) is 29.9 Å². The molecule has 1 heterocycles. The lowest BCUT2D eigenvalue weighted by molar-refractivity contribution is -0.168. The van der Waals surface area contributed by atoms with Gasteiger partial charge in [-0.25, -0.2) is 0 Å². The van der Waals surface area contributed by atoms with Crippen molar-refractivity contribution >= 4 is 11.8 Å². The van der Waals surface area contributed by atoms with Gasteiger partial charge in [-0.1, -0.05) is 0 Å². The minimum absolute atomic E-state index is 0.0242. The lowest BCUT2D eigenvalue weighted by Gasteiger charge is -2.46. The molecule has 0 aromatic carbocycles. The van der Waals surface area contributed by atoms with E-state index in [1.54, 1.807) is 0 Å². The van der Waals surface area contributed by atoms with Crippen molar-refractivity contribution in [1.29, 1.82) is 0 Å². The molecule has 2 rings (SSSR count). The zero-order valence-electron chi connectivity index (χ0n) is 10.1. The Morgan fingerprint density at radius 1 is 1.44 bits per heavy atom. The van der Waals surface area contributed by atoms with E-state index in [0.29, 0.717) is 25.2 Å². The molecule has 0 amide bonds. The molecule has 0 aromatic rings. The lowest BCUT2D eigenvalue weighted by Crippen LogP contribution is -2.61. The molecule has 3 unspecified atom stereocenters. The van der Waals surface area contributed by atoms with Gasteiger partial charge >= 0.3 is 5.97 Å². The molecule has 4 heteroatoms. The van der Waals surface area contributed by atoms with Crippen molar-refractivity contribution in [3.63, 3.8) is 0 Å². The van der Waals surface area contributed by atoms with Gasteiger partial charge in [0.1, 0.15) is 11.4 Å². The fraction of sp³-hybridized carbons (Fsp3) is 0.833. The second-order valence-electron chi connectivity index (χ2n) is 5.68. The van der Waals surface area contributed by atoms with Gasteiger partial charge in [0.15, 0.2) is 0 Å². The van der Waals surface area contributed by atoms with Crippen LogP contribution in [0.15, 0.2) is 0 Å². The van der Waals surface area contributed by atoms with Crippen LogP contribution in [0.3, 0.4) is 0 Å². The fourth-order valence-electron chi connectivity index (χ4n) is 2.44. The number of piperidine rings is 1. The van der Waals surface area contributed by atoms with Gasteiger partial charge in [0.05, 0.1) is 5.92 Å². The van der Waals surface area contributed by atoms with Crippen LogP contribution >= 0.6 is 0 Å². The third-order valence-electron chi connectivity index (χ3n) is 3.25. The van der Waals surface area contributed by atoms with E-state index in [4.69, 9.17) is 4.74 Å². The van der Waals surface area contributed by atoms with Crippen molar-refractivity contribution < 1.29 is 14.3 Å². The molecular formula is C12H19NO3. The molecule has 90 valence electrons. The molecule has 1 aliphatic heterocycles. The average Bonchev–Trinajstić information content (AvgIpc) is 2.05. The smallest absolute Gasteiger partial charge is 0.311 e. The molecule has 1 N–H and O–H groups in total. The molecule has 2 aliphatic rings. The van der Waals surface area contributed by atoms with Crippen LogP contribution in [0.1, 0.15) is 33.6 Å². The summed E-state index contributed by atoms with van der Waals surface area (Å²) in [6.45, 7) is 6.28. The van der Waals surface area contributed by atoms with E-state index in [1.165, 1.54) is 0 Å². The molecule has 1 saturated heterocycles. The Morgan fingerprint density at radius 3 is 2.75 bits per heavy atom. The summed E-state index contributed by atoms with van der Waals surface area (Å²) < 4.78 is 5.34. The normalized spacial score (nSPS) is 33.9. The first-order valence-corrected chi connectivity index (χ1v) is 5.87. The van der Waals surface area contributed by atoms with E-state index in [2.05, 4.69) is 5.32 Å². The van der Waals surface area contributed by atoms with Crippen molar-refractivity contribution in [2.24, 2.45) is 11.8 Å². The Balaban J connectivity index is 1.94. The quantitative estimate of drug-likeness (QED) is 0.673. The number of hydrogen-bond donors (Lipinski definition) is 1. The predicted molar refractivity (Wildman–Crippen MR) is 58.9 cm³/mol. The summed E-state index contributed by atoms with van der Waals surface area (Å²) in [4.78, 5) is 23.3. The highest BCUT2D eigenvalue weighted by atomic mass is 16.6. The Kier molecular flexibility index (Phi) is 2.78. The first-order valence-electron chi connectivity index (χ1n) is 5.87. The monoisotopic (exact) mass is 225 g/mol. The molecule has 0 radical (unpaired) electrons. The molecule has 1 aliphatic carbocycles. The van der Waals surface area contributed by atoms with E-state index in [-0.39, 0.29) is 23.8 Å². The maximum absolute atomic E-state index is 11.8. The first kappa shape index (κ1) is 11.6. The van der Waals surface area contributed by atoms with Crippen LogP contribution in [0.2, 0.25) is 0 Å². The minimum Gasteiger partial charge on any atom is -0.460 e. The predicted octanol–water partition coefficient (Wildman–Crippen LogP) is 0.895. The van der Waals surface area contributed by atoms with Crippen molar-refractivity contribution in [2.75, 3.05) is 6.54 Å². The summed E-state index contributed by atoms with van der Waals surface area (Å²) in [5.74, 6) is 0.0410. The van der Waals surface area contributed by atoms with Gasteiger partial charge in [-0.15, -0.1) is 0 Å². The molecule has 0 aromatic heterocycles. The van der Waals surface area contributed by atoms with Crippen LogP contribution in [0.25, 0.3) is 0 Å². The number of fused-ring (bicyclic) bond motifs is 1. The minimum atomic E-state index is -0.444. The lowest BCUT2D eigenvalue weighted by atomic mass is 9.65. The van der Waals surface area contributed by atoms with Gasteiger partial charge in [-0.05, 0) is 27.2 Å². The van der Waals surface area contributed by atoms with Crippen LogP contribution in [0, 0.1) is 11.8 Å². The van der Waals surface area contributed by atoms with Gasteiger partial charge in [-0.2, -0.15) is 0 Å². The third kappa shape index (κ3) is 2.12. The Morgan fingerprint density at radius 2 is 2.12 bits per heavy atom. The second kappa shape index (κ2) is 3.84. The summed E-state index contributed by atoms with van der Waals surface area (Å²) >= 11 is 0. The van der Waals surface area contributed by atoms with Crippen molar-refractivity contribution in [3.05, 3.63) is 0 Å². The largest absolute Gasteiger partial charge is 0.460 e. The Bertz CT molecular complexity index is 319. The second-order valence-corrected chi connectivity index (χ2v) is 5.68. The van der Waals surface area contributed by atoms with Crippen LogP contribution in [-0.2, 0) is 14.3 Å².